The van der Waals surface area contributed by atoms with Crippen LogP contribution in [0.1, 0.15) is 32.6 Å². The summed E-state index contributed by atoms with van der Waals surface area (Å²) in [5.74, 6) is -0.317. The molecule has 0 aliphatic rings. The second-order valence-electron chi connectivity index (χ2n) is 2.94. The summed E-state index contributed by atoms with van der Waals surface area (Å²) in [4.78, 5) is 11.0. The van der Waals surface area contributed by atoms with Gasteiger partial charge in [0.1, 0.15) is 0 Å². The molecule has 1 atom stereocenters. The molecule has 78 valence electrons. The Bertz CT molecular complexity index is 139. The van der Waals surface area contributed by atoms with Crippen LogP contribution in [0.3, 0.4) is 0 Å². The molecule has 1 N–H and O–H groups in total. The summed E-state index contributed by atoms with van der Waals surface area (Å²) in [7, 11) is 0. The van der Waals surface area contributed by atoms with Crippen molar-refractivity contribution in [1.29, 1.82) is 0 Å². The molecule has 3 nitrogen and oxygen atoms in total. The number of hydrogen-bond acceptors (Lipinski definition) is 3. The summed E-state index contributed by atoms with van der Waals surface area (Å²) in [5.41, 5.74) is 0. The summed E-state index contributed by atoms with van der Waals surface area (Å²) >= 11 is 3.08. The van der Waals surface area contributed by atoms with Crippen molar-refractivity contribution in [3.8, 4) is 0 Å². The van der Waals surface area contributed by atoms with Crippen LogP contribution in [0.25, 0.3) is 0 Å². The average Bonchev–Trinajstić information content (AvgIpc) is 2.12. The molecule has 0 spiro atoms. The van der Waals surface area contributed by atoms with E-state index in [2.05, 4.69) is 22.9 Å². The van der Waals surface area contributed by atoms with Gasteiger partial charge in [-0.25, -0.2) is 0 Å². The SMILES string of the molecule is CCCCCOC(=O)CC(O)CBr. The van der Waals surface area contributed by atoms with Gasteiger partial charge >= 0.3 is 5.97 Å². The van der Waals surface area contributed by atoms with E-state index in [4.69, 9.17) is 9.84 Å². The lowest BCUT2D eigenvalue weighted by atomic mass is 10.2. The number of hydrogen-bond donors (Lipinski definition) is 1. The summed E-state index contributed by atoms with van der Waals surface area (Å²) in [6.45, 7) is 2.57. The fourth-order valence-corrected chi connectivity index (χ4v) is 1.07. The second-order valence-corrected chi connectivity index (χ2v) is 3.59. The normalized spacial score (nSPS) is 12.5. The number of halogens is 1. The topological polar surface area (TPSA) is 46.5 Å². The number of esters is 1. The van der Waals surface area contributed by atoms with Crippen molar-refractivity contribution >= 4 is 21.9 Å². The van der Waals surface area contributed by atoms with Crippen molar-refractivity contribution in [1.82, 2.24) is 0 Å². The van der Waals surface area contributed by atoms with E-state index in [9.17, 15) is 4.79 Å². The molecule has 0 saturated heterocycles. The van der Waals surface area contributed by atoms with Gasteiger partial charge in [-0.1, -0.05) is 35.7 Å². The first-order valence-corrected chi connectivity index (χ1v) is 5.72. The van der Waals surface area contributed by atoms with Gasteiger partial charge in [0.05, 0.1) is 19.1 Å². The zero-order chi connectivity index (χ0) is 10.1. The van der Waals surface area contributed by atoms with Crippen molar-refractivity contribution in [2.75, 3.05) is 11.9 Å². The predicted octanol–water partition coefficient (Wildman–Crippen LogP) is 1.87. The minimum Gasteiger partial charge on any atom is -0.466 e. The zero-order valence-corrected chi connectivity index (χ0v) is 9.55. The lowest BCUT2D eigenvalue weighted by Gasteiger charge is -2.06. The van der Waals surface area contributed by atoms with Gasteiger partial charge in [-0.15, -0.1) is 0 Å². The molecule has 0 aromatic rings. The molecular formula is C9H17BrO3. The number of ether oxygens (including phenoxy) is 1. The van der Waals surface area contributed by atoms with Crippen molar-refractivity contribution in [3.63, 3.8) is 0 Å². The van der Waals surface area contributed by atoms with Crippen molar-refractivity contribution in [3.05, 3.63) is 0 Å². The van der Waals surface area contributed by atoms with E-state index >= 15 is 0 Å². The van der Waals surface area contributed by atoms with E-state index in [1.165, 1.54) is 0 Å². The van der Waals surface area contributed by atoms with E-state index in [1.54, 1.807) is 0 Å². The highest BCUT2D eigenvalue weighted by Gasteiger charge is 2.09. The average molecular weight is 253 g/mol. The summed E-state index contributed by atoms with van der Waals surface area (Å²) in [5, 5.41) is 9.50. The number of rotatable bonds is 7. The Morgan fingerprint density at radius 2 is 2.23 bits per heavy atom. The molecule has 0 saturated carbocycles. The second kappa shape index (κ2) is 8.51. The number of aliphatic hydroxyl groups is 1. The van der Waals surface area contributed by atoms with E-state index in [0.717, 1.165) is 19.3 Å². The molecule has 0 amide bonds. The first-order valence-electron chi connectivity index (χ1n) is 4.60. The molecule has 4 heteroatoms. The summed E-state index contributed by atoms with van der Waals surface area (Å²) < 4.78 is 4.90. The highest BCUT2D eigenvalue weighted by molar-refractivity contribution is 9.09. The van der Waals surface area contributed by atoms with Gasteiger partial charge in [0, 0.05) is 5.33 Å². The van der Waals surface area contributed by atoms with E-state index in [-0.39, 0.29) is 12.4 Å². The van der Waals surface area contributed by atoms with Gasteiger partial charge in [-0.2, -0.15) is 0 Å². The Morgan fingerprint density at radius 1 is 1.54 bits per heavy atom. The third-order valence-electron chi connectivity index (χ3n) is 1.59. The van der Waals surface area contributed by atoms with E-state index < -0.39 is 6.10 Å². The number of carbonyl (C=O) groups is 1. The Kier molecular flexibility index (Phi) is 8.45. The third-order valence-corrected chi connectivity index (χ3v) is 2.34. The van der Waals surface area contributed by atoms with Gasteiger partial charge in [0.15, 0.2) is 0 Å². The first kappa shape index (κ1) is 12.9. The fraction of sp³-hybridized carbons (Fsp3) is 0.889. The number of unbranched alkanes of at least 4 members (excludes halogenated alkanes) is 2. The number of carbonyl (C=O) groups excluding carboxylic acids is 1. The minimum atomic E-state index is -0.626. The maximum absolute atomic E-state index is 11.0. The molecule has 0 rings (SSSR count). The smallest absolute Gasteiger partial charge is 0.308 e. The lowest BCUT2D eigenvalue weighted by molar-refractivity contribution is -0.145. The summed E-state index contributed by atoms with van der Waals surface area (Å²) in [6, 6.07) is 0. The van der Waals surface area contributed by atoms with Crippen LogP contribution < -0.4 is 0 Å². The Labute approximate surface area is 87.6 Å². The van der Waals surface area contributed by atoms with Crippen LogP contribution in [0.15, 0.2) is 0 Å². The Morgan fingerprint density at radius 3 is 2.77 bits per heavy atom. The van der Waals surface area contributed by atoms with Crippen LogP contribution in [-0.4, -0.2) is 29.1 Å². The van der Waals surface area contributed by atoms with Crippen LogP contribution in [0.5, 0.6) is 0 Å². The molecule has 0 fully saturated rings. The fourth-order valence-electron chi connectivity index (χ4n) is 0.844. The highest BCUT2D eigenvalue weighted by atomic mass is 79.9. The van der Waals surface area contributed by atoms with Gasteiger partial charge < -0.3 is 9.84 Å². The first-order chi connectivity index (χ1) is 6.20. The monoisotopic (exact) mass is 252 g/mol. The van der Waals surface area contributed by atoms with Crippen LogP contribution in [0, 0.1) is 0 Å². The molecule has 0 aliphatic heterocycles. The predicted molar refractivity (Wildman–Crippen MR) is 54.9 cm³/mol. The Balaban J connectivity index is 3.30. The lowest BCUT2D eigenvalue weighted by Crippen LogP contribution is -2.17. The van der Waals surface area contributed by atoms with Gasteiger partial charge in [-0.3, -0.25) is 4.79 Å². The largest absolute Gasteiger partial charge is 0.466 e. The number of alkyl halides is 1. The van der Waals surface area contributed by atoms with Crippen LogP contribution in [0.4, 0.5) is 0 Å². The molecule has 0 aliphatic carbocycles. The number of aliphatic hydroxyl groups excluding tert-OH is 1. The highest BCUT2D eigenvalue weighted by Crippen LogP contribution is 2.00. The molecular weight excluding hydrogens is 236 g/mol. The van der Waals surface area contributed by atoms with Crippen molar-refractivity contribution < 1.29 is 14.6 Å². The standard InChI is InChI=1S/C9H17BrO3/c1-2-3-4-5-13-9(12)6-8(11)7-10/h8,11H,2-7H2,1H3. The van der Waals surface area contributed by atoms with Crippen LogP contribution in [0.2, 0.25) is 0 Å². The molecule has 0 heterocycles. The van der Waals surface area contributed by atoms with Crippen LogP contribution in [-0.2, 0) is 9.53 Å². The maximum atomic E-state index is 11.0. The Hall–Kier alpha value is -0.0900. The third kappa shape index (κ3) is 8.25. The minimum absolute atomic E-state index is 0.0807. The van der Waals surface area contributed by atoms with Gasteiger partial charge in [-0.05, 0) is 6.42 Å². The van der Waals surface area contributed by atoms with Crippen molar-refractivity contribution in [2.24, 2.45) is 0 Å². The van der Waals surface area contributed by atoms with Crippen molar-refractivity contribution in [2.45, 2.75) is 38.7 Å². The molecule has 0 aromatic heterocycles. The molecule has 1 unspecified atom stereocenters. The molecule has 0 aromatic carbocycles. The maximum Gasteiger partial charge on any atom is 0.308 e. The zero-order valence-electron chi connectivity index (χ0n) is 7.96. The van der Waals surface area contributed by atoms with Crippen LogP contribution >= 0.6 is 15.9 Å². The van der Waals surface area contributed by atoms with E-state index in [1.807, 2.05) is 0 Å². The summed E-state index contributed by atoms with van der Waals surface area (Å²) in [6.07, 6.45) is 2.55. The van der Waals surface area contributed by atoms with Gasteiger partial charge in [0.25, 0.3) is 0 Å². The molecule has 0 radical (unpaired) electrons. The molecule has 13 heavy (non-hydrogen) atoms. The van der Waals surface area contributed by atoms with Gasteiger partial charge in [0.2, 0.25) is 0 Å². The molecule has 0 bridgehead atoms. The quantitative estimate of drug-likeness (QED) is 0.428. The van der Waals surface area contributed by atoms with E-state index in [0.29, 0.717) is 11.9 Å².